The predicted molar refractivity (Wildman–Crippen MR) is 80.9 cm³/mol. The number of esters is 1. The molecule has 144 valence electrons. The van der Waals surface area contributed by atoms with Gasteiger partial charge in [-0.3, -0.25) is 4.79 Å². The van der Waals surface area contributed by atoms with Gasteiger partial charge < -0.3 is 39.7 Å². The van der Waals surface area contributed by atoms with Crippen molar-refractivity contribution >= 4 is 5.97 Å². The topological polar surface area (TPSA) is 146 Å². The van der Waals surface area contributed by atoms with E-state index in [-0.39, 0.29) is 42.9 Å². The van der Waals surface area contributed by atoms with Crippen molar-refractivity contribution in [3.05, 3.63) is 0 Å². The number of ether oxygens (including phenoxy) is 3. The molecular formula is C16H26O9. The lowest BCUT2D eigenvalue weighted by Crippen LogP contribution is -2.59. The SMILES string of the molecule is C[C@H]1C(=O)OC[C@H]2[C@@H](CO)[C@@H](O[C@@H]3O[C@@H](CO)[C@@H](O)[C@@H](O)[C@@H]3O)C[C@@H]21. The van der Waals surface area contributed by atoms with Crippen molar-refractivity contribution in [2.24, 2.45) is 23.7 Å². The zero-order chi connectivity index (χ0) is 18.3. The fourth-order valence-electron chi connectivity index (χ4n) is 4.28. The lowest BCUT2D eigenvalue weighted by atomic mass is 9.80. The van der Waals surface area contributed by atoms with Crippen LogP contribution in [0.4, 0.5) is 0 Å². The summed E-state index contributed by atoms with van der Waals surface area (Å²) in [7, 11) is 0. The molecular weight excluding hydrogens is 336 g/mol. The highest BCUT2D eigenvalue weighted by molar-refractivity contribution is 5.73. The van der Waals surface area contributed by atoms with Gasteiger partial charge in [0.25, 0.3) is 0 Å². The van der Waals surface area contributed by atoms with Gasteiger partial charge in [0.1, 0.15) is 24.4 Å². The number of hydrogen-bond donors (Lipinski definition) is 5. The Bertz CT molecular complexity index is 484. The van der Waals surface area contributed by atoms with E-state index in [2.05, 4.69) is 0 Å². The molecule has 25 heavy (non-hydrogen) atoms. The van der Waals surface area contributed by atoms with Crippen molar-refractivity contribution in [3.8, 4) is 0 Å². The summed E-state index contributed by atoms with van der Waals surface area (Å²) in [4.78, 5) is 11.8. The van der Waals surface area contributed by atoms with Gasteiger partial charge in [0.15, 0.2) is 6.29 Å². The number of aliphatic hydroxyl groups is 5. The first-order valence-corrected chi connectivity index (χ1v) is 8.62. The Labute approximate surface area is 145 Å². The number of carbonyl (C=O) groups is 1. The predicted octanol–water partition coefficient (Wildman–Crippen LogP) is -2.39. The lowest BCUT2D eigenvalue weighted by molar-refractivity contribution is -0.314. The van der Waals surface area contributed by atoms with Crippen molar-refractivity contribution in [2.45, 2.75) is 50.2 Å². The second-order valence-electron chi connectivity index (χ2n) is 7.20. The highest BCUT2D eigenvalue weighted by atomic mass is 16.7. The van der Waals surface area contributed by atoms with Crippen LogP contribution in [-0.4, -0.2) is 88.1 Å². The third-order valence-corrected chi connectivity index (χ3v) is 5.88. The molecule has 9 nitrogen and oxygen atoms in total. The van der Waals surface area contributed by atoms with Crippen LogP contribution >= 0.6 is 0 Å². The Morgan fingerprint density at radius 3 is 2.44 bits per heavy atom. The lowest BCUT2D eigenvalue weighted by Gasteiger charge is -2.41. The molecule has 0 aromatic carbocycles. The number of fused-ring (bicyclic) bond motifs is 1. The van der Waals surface area contributed by atoms with Crippen LogP contribution in [0.5, 0.6) is 0 Å². The molecule has 2 heterocycles. The summed E-state index contributed by atoms with van der Waals surface area (Å²) in [6, 6.07) is 0. The zero-order valence-corrected chi connectivity index (χ0v) is 14.0. The van der Waals surface area contributed by atoms with Gasteiger partial charge in [0, 0.05) is 18.4 Å². The third kappa shape index (κ3) is 3.30. The fourth-order valence-corrected chi connectivity index (χ4v) is 4.28. The third-order valence-electron chi connectivity index (χ3n) is 5.88. The van der Waals surface area contributed by atoms with E-state index in [1.807, 2.05) is 0 Å². The minimum Gasteiger partial charge on any atom is -0.465 e. The maximum atomic E-state index is 11.8. The van der Waals surface area contributed by atoms with Crippen LogP contribution in [0, 0.1) is 23.7 Å². The molecule has 3 rings (SSSR count). The summed E-state index contributed by atoms with van der Waals surface area (Å²) in [5, 5.41) is 48.8. The van der Waals surface area contributed by atoms with Crippen molar-refractivity contribution in [2.75, 3.05) is 19.8 Å². The zero-order valence-electron chi connectivity index (χ0n) is 14.0. The van der Waals surface area contributed by atoms with Crippen LogP contribution in [0.3, 0.4) is 0 Å². The molecule has 2 saturated heterocycles. The van der Waals surface area contributed by atoms with Crippen molar-refractivity contribution in [3.63, 3.8) is 0 Å². The highest BCUT2D eigenvalue weighted by Crippen LogP contribution is 2.46. The summed E-state index contributed by atoms with van der Waals surface area (Å²) < 4.78 is 16.4. The van der Waals surface area contributed by atoms with Gasteiger partial charge in [-0.2, -0.15) is 0 Å². The van der Waals surface area contributed by atoms with E-state index in [0.29, 0.717) is 6.42 Å². The second kappa shape index (κ2) is 7.43. The smallest absolute Gasteiger partial charge is 0.308 e. The Hall–Kier alpha value is -0.810. The van der Waals surface area contributed by atoms with E-state index in [4.69, 9.17) is 14.2 Å². The minimum absolute atomic E-state index is 0.00622. The van der Waals surface area contributed by atoms with Gasteiger partial charge in [-0.05, 0) is 12.3 Å². The minimum atomic E-state index is -1.52. The van der Waals surface area contributed by atoms with Crippen LogP contribution in [0.2, 0.25) is 0 Å². The fraction of sp³-hybridized carbons (Fsp3) is 0.938. The molecule has 0 amide bonds. The van der Waals surface area contributed by atoms with E-state index < -0.39 is 43.4 Å². The monoisotopic (exact) mass is 362 g/mol. The van der Waals surface area contributed by atoms with Crippen molar-refractivity contribution in [1.82, 2.24) is 0 Å². The van der Waals surface area contributed by atoms with E-state index in [1.54, 1.807) is 6.92 Å². The molecule has 0 radical (unpaired) electrons. The molecule has 10 atom stereocenters. The second-order valence-corrected chi connectivity index (χ2v) is 7.20. The standard InChI is InChI=1S/C16H26O9/c1-6-7-2-10(8(3-17)9(7)5-23-15(6)22)24-16-14(21)13(20)12(19)11(4-18)25-16/h6-14,16-21H,2-5H2,1H3/t6-,7-,8-,9-,10+,11+,12-,13-,14+,16-/m1/s1. The van der Waals surface area contributed by atoms with Gasteiger partial charge in [0.05, 0.1) is 25.2 Å². The van der Waals surface area contributed by atoms with Crippen molar-refractivity contribution in [1.29, 1.82) is 0 Å². The van der Waals surface area contributed by atoms with Crippen molar-refractivity contribution < 1.29 is 44.5 Å². The van der Waals surface area contributed by atoms with Crippen LogP contribution in [0.15, 0.2) is 0 Å². The molecule has 0 aromatic heterocycles. The first-order chi connectivity index (χ1) is 11.9. The Balaban J connectivity index is 1.72. The molecule has 2 aliphatic heterocycles. The van der Waals surface area contributed by atoms with E-state index >= 15 is 0 Å². The van der Waals surface area contributed by atoms with Gasteiger partial charge >= 0.3 is 5.97 Å². The highest BCUT2D eigenvalue weighted by Gasteiger charge is 2.53. The number of rotatable bonds is 4. The summed E-state index contributed by atoms with van der Waals surface area (Å²) >= 11 is 0. The van der Waals surface area contributed by atoms with Crippen LogP contribution in [0.25, 0.3) is 0 Å². The normalized spacial score (nSPS) is 50.4. The first kappa shape index (κ1) is 19.0. The number of hydrogen-bond acceptors (Lipinski definition) is 9. The summed E-state index contributed by atoms with van der Waals surface area (Å²) in [5.41, 5.74) is 0. The van der Waals surface area contributed by atoms with Gasteiger partial charge in [-0.15, -0.1) is 0 Å². The van der Waals surface area contributed by atoms with Gasteiger partial charge in [-0.1, -0.05) is 6.92 Å². The number of carbonyl (C=O) groups excluding carboxylic acids is 1. The van der Waals surface area contributed by atoms with Crippen LogP contribution in [0.1, 0.15) is 13.3 Å². The summed E-state index contributed by atoms with van der Waals surface area (Å²) in [6.07, 6.45) is -6.78. The summed E-state index contributed by atoms with van der Waals surface area (Å²) in [5.74, 6) is -0.934. The number of aliphatic hydroxyl groups excluding tert-OH is 5. The van der Waals surface area contributed by atoms with Gasteiger partial charge in [0.2, 0.25) is 0 Å². The molecule has 5 N–H and O–H groups in total. The van der Waals surface area contributed by atoms with E-state index in [9.17, 15) is 30.3 Å². The van der Waals surface area contributed by atoms with Crippen LogP contribution in [-0.2, 0) is 19.0 Å². The quantitative estimate of drug-likeness (QED) is 0.346. The first-order valence-electron chi connectivity index (χ1n) is 8.62. The molecule has 0 bridgehead atoms. The maximum absolute atomic E-state index is 11.8. The molecule has 0 spiro atoms. The van der Waals surface area contributed by atoms with E-state index in [0.717, 1.165) is 0 Å². The molecule has 1 saturated carbocycles. The largest absolute Gasteiger partial charge is 0.465 e. The summed E-state index contributed by atoms with van der Waals surface area (Å²) in [6.45, 7) is 1.29. The molecule has 3 fully saturated rings. The van der Waals surface area contributed by atoms with Gasteiger partial charge in [-0.25, -0.2) is 0 Å². The maximum Gasteiger partial charge on any atom is 0.308 e. The molecule has 1 aliphatic carbocycles. The Morgan fingerprint density at radius 1 is 1.08 bits per heavy atom. The molecule has 0 unspecified atom stereocenters. The van der Waals surface area contributed by atoms with E-state index in [1.165, 1.54) is 0 Å². The average Bonchev–Trinajstić information content (AvgIpc) is 2.96. The number of cyclic esters (lactones) is 1. The Kier molecular flexibility index (Phi) is 5.64. The van der Waals surface area contributed by atoms with Crippen LogP contribution < -0.4 is 0 Å². The molecule has 0 aromatic rings. The molecule has 9 heteroatoms. The molecule has 3 aliphatic rings. The Morgan fingerprint density at radius 2 is 1.80 bits per heavy atom. The average molecular weight is 362 g/mol.